The van der Waals surface area contributed by atoms with Crippen molar-refractivity contribution in [3.63, 3.8) is 0 Å². The van der Waals surface area contributed by atoms with E-state index < -0.39 is 155 Å². The molecule has 0 aromatic rings. The zero-order valence-electron chi connectivity index (χ0n) is 28.6. The van der Waals surface area contributed by atoms with Crippen molar-refractivity contribution < 1.29 is 62.3 Å². The van der Waals surface area contributed by atoms with Gasteiger partial charge in [-0.05, 0) is 0 Å². The van der Waals surface area contributed by atoms with Crippen LogP contribution in [0.4, 0.5) is 0 Å². The van der Waals surface area contributed by atoms with Crippen molar-refractivity contribution in [2.75, 3.05) is 83.5 Å². The van der Waals surface area contributed by atoms with Crippen molar-refractivity contribution in [1.82, 2.24) is 63.8 Å². The van der Waals surface area contributed by atoms with Crippen LogP contribution in [0.5, 0.6) is 0 Å². The molecule has 0 spiro atoms. The van der Waals surface area contributed by atoms with Crippen molar-refractivity contribution in [2.45, 2.75) is 6.04 Å². The molecule has 0 bridgehead atoms. The molecule has 0 aromatic heterocycles. The van der Waals surface area contributed by atoms with Gasteiger partial charge in [-0.15, -0.1) is 11.8 Å². The fourth-order valence-corrected chi connectivity index (χ4v) is 4.24. The Labute approximate surface area is 309 Å². The Bertz CT molecular complexity index is 1480. The number of thioether (sulfide) groups is 1. The molecule has 26 nitrogen and oxygen atoms in total. The molecule has 1 fully saturated rings. The Balaban J connectivity index is 2.69. The van der Waals surface area contributed by atoms with Gasteiger partial charge < -0.3 is 69.5 Å². The zero-order chi connectivity index (χ0) is 40.5. The molecule has 1 aliphatic heterocycles. The maximum absolute atomic E-state index is 12.2. The van der Waals surface area contributed by atoms with Crippen LogP contribution in [-0.4, -0.2) is 166 Å². The number of hydrogen-bond donors (Lipinski definition) is 13. The molecule has 14 N–H and O–H groups in total. The average Bonchev–Trinajstić information content (AvgIpc) is 3.13. The van der Waals surface area contributed by atoms with Crippen LogP contribution in [0.25, 0.3) is 0 Å². The Morgan fingerprint density at radius 1 is 0.370 bits per heavy atom. The highest BCUT2D eigenvalue weighted by Gasteiger charge is 2.20. The van der Waals surface area contributed by atoms with Gasteiger partial charge in [0.05, 0.1) is 77.7 Å². The molecule has 13 amide bonds. The molecule has 298 valence electrons. The minimum Gasteiger partial charge on any atom is -0.368 e. The highest BCUT2D eigenvalue weighted by Crippen LogP contribution is 2.02. The fourth-order valence-electron chi connectivity index (χ4n) is 3.35. The lowest BCUT2D eigenvalue weighted by Crippen LogP contribution is -2.50. The first-order valence-electron chi connectivity index (χ1n) is 15.6. The Hall–Kier alpha value is -6.54. The van der Waals surface area contributed by atoms with Gasteiger partial charge in [0.1, 0.15) is 6.04 Å². The third kappa shape index (κ3) is 23.0. The molecule has 0 aromatic carbocycles. The number of primary amides is 1. The van der Waals surface area contributed by atoms with Gasteiger partial charge in [-0.3, -0.25) is 62.3 Å². The van der Waals surface area contributed by atoms with E-state index in [1.807, 2.05) is 0 Å². The summed E-state index contributed by atoms with van der Waals surface area (Å²) >= 11 is 0.876. The molecule has 27 heteroatoms. The third-order valence-corrected chi connectivity index (χ3v) is 7.14. The average molecular weight is 788 g/mol. The van der Waals surface area contributed by atoms with Crippen LogP contribution in [0.2, 0.25) is 0 Å². The van der Waals surface area contributed by atoms with Crippen LogP contribution in [0, 0.1) is 0 Å². The number of nitrogens with two attached hydrogens (primary N) is 1. The van der Waals surface area contributed by atoms with Crippen LogP contribution >= 0.6 is 11.8 Å². The molecule has 54 heavy (non-hydrogen) atoms. The molecule has 1 atom stereocenters. The van der Waals surface area contributed by atoms with Crippen LogP contribution in [0.15, 0.2) is 0 Å². The van der Waals surface area contributed by atoms with E-state index in [-0.39, 0.29) is 11.5 Å². The summed E-state index contributed by atoms with van der Waals surface area (Å²) in [4.78, 5) is 155. The van der Waals surface area contributed by atoms with Gasteiger partial charge in [-0.1, -0.05) is 0 Å². The van der Waals surface area contributed by atoms with Gasteiger partial charge in [0.25, 0.3) is 0 Å². The lowest BCUT2D eigenvalue weighted by atomic mass is 10.3. The van der Waals surface area contributed by atoms with Crippen molar-refractivity contribution in [3.8, 4) is 0 Å². The molecule has 0 radical (unpaired) electrons. The van der Waals surface area contributed by atoms with Gasteiger partial charge in [-0.25, -0.2) is 0 Å². The van der Waals surface area contributed by atoms with E-state index in [1.165, 1.54) is 0 Å². The lowest BCUT2D eigenvalue weighted by molar-refractivity contribution is -0.130. The van der Waals surface area contributed by atoms with E-state index in [0.29, 0.717) is 0 Å². The minimum absolute atomic E-state index is 0.160. The fraction of sp³-hybridized carbons (Fsp3) is 0.519. The number of carbonyl (C=O) groups is 13. The largest absolute Gasteiger partial charge is 0.368 e. The van der Waals surface area contributed by atoms with E-state index in [9.17, 15) is 62.3 Å². The summed E-state index contributed by atoms with van der Waals surface area (Å²) in [6, 6.07) is -1.25. The predicted octanol–water partition coefficient (Wildman–Crippen LogP) is -11.0. The molecule has 0 saturated carbocycles. The van der Waals surface area contributed by atoms with Crippen molar-refractivity contribution >= 4 is 88.6 Å². The van der Waals surface area contributed by atoms with Gasteiger partial charge in [0, 0.05) is 5.75 Å². The summed E-state index contributed by atoms with van der Waals surface area (Å²) in [5, 5.41) is 26.3. The normalized spacial score (nSPS) is 20.6. The second-order valence-corrected chi connectivity index (χ2v) is 11.6. The van der Waals surface area contributed by atoms with Gasteiger partial charge in [-0.2, -0.15) is 0 Å². The first kappa shape index (κ1) is 45.5. The summed E-state index contributed by atoms with van der Waals surface area (Å²) < 4.78 is 0. The maximum atomic E-state index is 12.2. The van der Waals surface area contributed by atoms with Crippen molar-refractivity contribution in [2.24, 2.45) is 5.73 Å². The molecule has 1 aliphatic rings. The van der Waals surface area contributed by atoms with Crippen molar-refractivity contribution in [3.05, 3.63) is 0 Å². The summed E-state index contributed by atoms with van der Waals surface area (Å²) in [6.45, 7) is -6.37. The zero-order valence-corrected chi connectivity index (χ0v) is 29.4. The summed E-state index contributed by atoms with van der Waals surface area (Å²) in [5.41, 5.74) is 5.29. The highest BCUT2D eigenvalue weighted by atomic mass is 32.2. The molecular weight excluding hydrogens is 746 g/mol. The summed E-state index contributed by atoms with van der Waals surface area (Å²) in [7, 11) is 0. The van der Waals surface area contributed by atoms with Crippen LogP contribution in [0.3, 0.4) is 0 Å². The van der Waals surface area contributed by atoms with Crippen molar-refractivity contribution in [1.29, 1.82) is 0 Å². The smallest absolute Gasteiger partial charge is 0.240 e. The third-order valence-electron chi connectivity index (χ3n) is 6.10. The van der Waals surface area contributed by atoms with Gasteiger partial charge in [0.15, 0.2) is 0 Å². The molecule has 1 heterocycles. The molecule has 1 rings (SSSR count). The van der Waals surface area contributed by atoms with Crippen LogP contribution in [0.1, 0.15) is 0 Å². The summed E-state index contributed by atoms with van der Waals surface area (Å²) in [5.74, 6) is -10.8. The SMILES string of the molecule is NC(=O)C1CSCC(=O)NCC(=O)NCC(=O)NCC(=O)NCC(=O)NCC(=O)NCC(=O)NCC(=O)NCC(=O)NCC(=O)NCC(=O)NCC(=O)N1. The number of amides is 13. The second-order valence-electron chi connectivity index (χ2n) is 10.6. The van der Waals surface area contributed by atoms with E-state index >= 15 is 0 Å². The molecular formula is C27H41N13O13S. The van der Waals surface area contributed by atoms with E-state index in [1.54, 1.807) is 0 Å². The topological polar surface area (TPSA) is 392 Å². The standard InChI is InChI=1S/C27H41N13O13S/c28-27(53)14-12-54-13-26(52)39-10-24(50)37-8-22(48)35-6-20(46)33-4-18(44)31-2-16(42)29-1-15(41)30-3-17(43)32-5-19(45)34-7-21(47)36-9-23(49)38-11-25(51)40-14/h14H,1-13H2,(H2,28,53)(H,29,42)(H,30,41)(H,31,44)(H,32,43)(H,33,46)(H,34,45)(H,35,48)(H,36,47)(H,37,50)(H,38,49)(H,39,52)(H,40,51). The summed E-state index contributed by atoms with van der Waals surface area (Å²) in [6.07, 6.45) is 0. The molecule has 0 aliphatic carbocycles. The predicted molar refractivity (Wildman–Crippen MR) is 182 cm³/mol. The first-order valence-corrected chi connectivity index (χ1v) is 16.8. The molecule has 1 saturated heterocycles. The van der Waals surface area contributed by atoms with Gasteiger partial charge in [0.2, 0.25) is 76.8 Å². The van der Waals surface area contributed by atoms with Crippen LogP contribution in [-0.2, 0) is 62.3 Å². The minimum atomic E-state index is -1.25. The number of carbonyl (C=O) groups excluding carboxylic acids is 13. The van der Waals surface area contributed by atoms with E-state index in [2.05, 4.69) is 63.8 Å². The quantitative estimate of drug-likeness (QED) is 0.117. The second kappa shape index (κ2) is 25.4. The lowest BCUT2D eigenvalue weighted by Gasteiger charge is -2.15. The van der Waals surface area contributed by atoms with E-state index in [0.717, 1.165) is 11.8 Å². The number of hydrogen-bond acceptors (Lipinski definition) is 14. The highest BCUT2D eigenvalue weighted by molar-refractivity contribution is 8.00. The first-order chi connectivity index (χ1) is 25.5. The Morgan fingerprint density at radius 2 is 0.574 bits per heavy atom. The monoisotopic (exact) mass is 787 g/mol. The Kier molecular flexibility index (Phi) is 21.4. The van der Waals surface area contributed by atoms with E-state index in [4.69, 9.17) is 5.73 Å². The Morgan fingerprint density at radius 3 is 0.796 bits per heavy atom. The number of rotatable bonds is 1. The number of nitrogens with one attached hydrogen (secondary N) is 12. The van der Waals surface area contributed by atoms with Gasteiger partial charge >= 0.3 is 0 Å². The molecule has 1 unspecified atom stereocenters. The maximum Gasteiger partial charge on any atom is 0.240 e. The van der Waals surface area contributed by atoms with Crippen LogP contribution < -0.4 is 69.5 Å².